The Morgan fingerprint density at radius 2 is 2.11 bits per heavy atom. The van der Waals surface area contributed by atoms with E-state index in [9.17, 15) is 13.6 Å². The average Bonchev–Trinajstić information content (AvgIpc) is 2.85. The summed E-state index contributed by atoms with van der Waals surface area (Å²) in [7, 11) is 0. The van der Waals surface area contributed by atoms with Crippen LogP contribution < -0.4 is 11.1 Å². The molecule has 0 aliphatic rings. The molecule has 0 aliphatic carbocycles. The summed E-state index contributed by atoms with van der Waals surface area (Å²) < 4.78 is 31.8. The molecule has 1 atom stereocenters. The van der Waals surface area contributed by atoms with E-state index in [2.05, 4.69) is 5.32 Å². The number of primary amides is 1. The number of nitrogens with one attached hydrogen (secondary N) is 1. The highest BCUT2D eigenvalue weighted by molar-refractivity contribution is 5.94. The molecule has 1 aromatic carbocycles. The van der Waals surface area contributed by atoms with E-state index in [0.717, 1.165) is 11.6 Å². The molecule has 1 unspecified atom stereocenters. The fourth-order valence-corrected chi connectivity index (χ4v) is 1.69. The predicted molar refractivity (Wildman–Crippen MR) is 65.6 cm³/mol. The van der Waals surface area contributed by atoms with E-state index in [1.807, 2.05) is 0 Å². The summed E-state index contributed by atoms with van der Waals surface area (Å²) in [5, 5.41) is 2.83. The molecule has 0 saturated carbocycles. The molecule has 1 aromatic heterocycles. The number of nitrogens with two attached hydrogens (primary N) is 1. The van der Waals surface area contributed by atoms with Crippen LogP contribution in [0.1, 0.15) is 28.9 Å². The summed E-state index contributed by atoms with van der Waals surface area (Å²) in [6, 6.07) is 3.14. The maximum absolute atomic E-state index is 13.6. The maximum atomic E-state index is 13.6. The molecule has 1 amide bonds. The second-order valence-electron chi connectivity index (χ2n) is 4.10. The minimum Gasteiger partial charge on any atom is -0.472 e. The Bertz CT molecular complexity index is 597. The Kier molecular flexibility index (Phi) is 3.50. The van der Waals surface area contributed by atoms with Crippen LogP contribution in [0.15, 0.2) is 35.1 Å². The highest BCUT2D eigenvalue weighted by atomic mass is 19.1. The molecule has 0 saturated heterocycles. The lowest BCUT2D eigenvalue weighted by Crippen LogP contribution is -2.15. The molecular formula is C13H12F2N2O2. The molecule has 3 N–H and O–H groups in total. The lowest BCUT2D eigenvalue weighted by atomic mass is 10.1. The van der Waals surface area contributed by atoms with Gasteiger partial charge in [-0.1, -0.05) is 0 Å². The molecule has 0 aliphatic heterocycles. The zero-order valence-corrected chi connectivity index (χ0v) is 10.1. The third-order valence-electron chi connectivity index (χ3n) is 2.74. The molecule has 1 heterocycles. The van der Waals surface area contributed by atoms with Crippen molar-refractivity contribution < 1.29 is 18.0 Å². The smallest absolute Gasteiger partial charge is 0.251 e. The number of hydrogen-bond donors (Lipinski definition) is 2. The van der Waals surface area contributed by atoms with Gasteiger partial charge in [-0.25, -0.2) is 8.78 Å². The van der Waals surface area contributed by atoms with Gasteiger partial charge in [0.2, 0.25) is 0 Å². The number of carbonyl (C=O) groups excluding carboxylic acids is 1. The quantitative estimate of drug-likeness (QED) is 0.894. The van der Waals surface area contributed by atoms with Gasteiger partial charge >= 0.3 is 0 Å². The van der Waals surface area contributed by atoms with E-state index in [1.165, 1.54) is 12.5 Å². The first-order chi connectivity index (χ1) is 8.99. The number of carbonyl (C=O) groups is 1. The summed E-state index contributed by atoms with van der Waals surface area (Å²) >= 11 is 0. The molecule has 0 fully saturated rings. The number of benzene rings is 1. The molecule has 6 heteroatoms. The lowest BCUT2D eigenvalue weighted by Gasteiger charge is -2.15. The van der Waals surface area contributed by atoms with E-state index in [1.54, 1.807) is 13.0 Å². The van der Waals surface area contributed by atoms with Gasteiger partial charge in [0.05, 0.1) is 29.8 Å². The fraction of sp³-hybridized carbons (Fsp3) is 0.154. The third-order valence-corrected chi connectivity index (χ3v) is 2.74. The van der Waals surface area contributed by atoms with Crippen LogP contribution in [0.5, 0.6) is 0 Å². The first-order valence-corrected chi connectivity index (χ1v) is 5.56. The van der Waals surface area contributed by atoms with Gasteiger partial charge in [-0.2, -0.15) is 0 Å². The zero-order chi connectivity index (χ0) is 14.0. The van der Waals surface area contributed by atoms with Crippen LogP contribution in [0.2, 0.25) is 0 Å². The van der Waals surface area contributed by atoms with E-state index in [4.69, 9.17) is 10.2 Å². The van der Waals surface area contributed by atoms with Gasteiger partial charge in [-0.3, -0.25) is 4.79 Å². The van der Waals surface area contributed by atoms with Crippen LogP contribution in [0.3, 0.4) is 0 Å². The van der Waals surface area contributed by atoms with Gasteiger partial charge in [0, 0.05) is 11.6 Å². The van der Waals surface area contributed by atoms with Crippen LogP contribution >= 0.6 is 0 Å². The lowest BCUT2D eigenvalue weighted by molar-refractivity contribution is 0.0996. The first-order valence-electron chi connectivity index (χ1n) is 5.56. The Balaban J connectivity index is 2.30. The zero-order valence-electron chi connectivity index (χ0n) is 10.1. The second kappa shape index (κ2) is 5.09. The SMILES string of the molecule is CC(Nc1cc(C(N)=O)c(F)cc1F)c1ccoc1. The van der Waals surface area contributed by atoms with Gasteiger partial charge in [-0.15, -0.1) is 0 Å². The number of rotatable bonds is 4. The van der Waals surface area contributed by atoms with Crippen molar-refractivity contribution in [3.05, 3.63) is 53.5 Å². The summed E-state index contributed by atoms with van der Waals surface area (Å²) in [5.74, 6) is -2.72. The van der Waals surface area contributed by atoms with Crippen LogP contribution in [0.4, 0.5) is 14.5 Å². The molecule has 100 valence electrons. The normalized spacial score (nSPS) is 12.2. The molecule has 2 rings (SSSR count). The van der Waals surface area contributed by atoms with Gasteiger partial charge in [0.15, 0.2) is 0 Å². The standard InChI is InChI=1S/C13H12F2N2O2/c1-7(8-2-3-19-6-8)17-12-4-9(13(16)18)10(14)5-11(12)15/h2-7,17H,1H3,(H2,16,18). The number of furan rings is 1. The number of anilines is 1. The number of hydrogen-bond acceptors (Lipinski definition) is 3. The number of amides is 1. The highest BCUT2D eigenvalue weighted by Gasteiger charge is 2.16. The predicted octanol–water partition coefficient (Wildman–Crippen LogP) is 2.83. The summed E-state index contributed by atoms with van der Waals surface area (Å²) in [4.78, 5) is 11.0. The summed E-state index contributed by atoms with van der Waals surface area (Å²) in [5.41, 5.74) is 5.46. The number of halogens is 2. The van der Waals surface area contributed by atoms with Crippen LogP contribution in [0, 0.1) is 11.6 Å². The monoisotopic (exact) mass is 266 g/mol. The Morgan fingerprint density at radius 1 is 1.37 bits per heavy atom. The van der Waals surface area contributed by atoms with Crippen LogP contribution in [-0.4, -0.2) is 5.91 Å². The highest BCUT2D eigenvalue weighted by Crippen LogP contribution is 2.24. The summed E-state index contributed by atoms with van der Waals surface area (Å²) in [6.45, 7) is 1.78. The van der Waals surface area contributed by atoms with Gasteiger partial charge in [-0.05, 0) is 19.1 Å². The molecule has 4 nitrogen and oxygen atoms in total. The average molecular weight is 266 g/mol. The molecule has 0 spiro atoms. The van der Waals surface area contributed by atoms with Crippen molar-refractivity contribution in [1.82, 2.24) is 0 Å². The Hall–Kier alpha value is -2.37. The van der Waals surface area contributed by atoms with E-state index < -0.39 is 17.5 Å². The topological polar surface area (TPSA) is 68.3 Å². The van der Waals surface area contributed by atoms with Crippen molar-refractivity contribution in [3.63, 3.8) is 0 Å². The second-order valence-corrected chi connectivity index (χ2v) is 4.10. The van der Waals surface area contributed by atoms with Gasteiger partial charge < -0.3 is 15.5 Å². The largest absolute Gasteiger partial charge is 0.472 e. The van der Waals surface area contributed by atoms with Crippen molar-refractivity contribution >= 4 is 11.6 Å². The van der Waals surface area contributed by atoms with Crippen molar-refractivity contribution in [1.29, 1.82) is 0 Å². The van der Waals surface area contributed by atoms with Gasteiger partial charge in [0.25, 0.3) is 5.91 Å². The van der Waals surface area contributed by atoms with Crippen molar-refractivity contribution in [2.45, 2.75) is 13.0 Å². The van der Waals surface area contributed by atoms with Crippen molar-refractivity contribution in [2.75, 3.05) is 5.32 Å². The molecule has 0 bridgehead atoms. The third kappa shape index (κ3) is 2.73. The Morgan fingerprint density at radius 3 is 2.68 bits per heavy atom. The Labute approximate surface area is 108 Å². The van der Waals surface area contributed by atoms with Crippen molar-refractivity contribution in [3.8, 4) is 0 Å². The van der Waals surface area contributed by atoms with E-state index in [0.29, 0.717) is 6.07 Å². The maximum Gasteiger partial charge on any atom is 0.251 e. The van der Waals surface area contributed by atoms with Crippen LogP contribution in [0.25, 0.3) is 0 Å². The van der Waals surface area contributed by atoms with E-state index in [-0.39, 0.29) is 17.3 Å². The minimum atomic E-state index is -0.980. The fourth-order valence-electron chi connectivity index (χ4n) is 1.69. The minimum absolute atomic E-state index is 0.00361. The van der Waals surface area contributed by atoms with Gasteiger partial charge in [0.1, 0.15) is 11.6 Å². The molecule has 2 aromatic rings. The first kappa shape index (κ1) is 13.1. The van der Waals surface area contributed by atoms with E-state index >= 15 is 0 Å². The summed E-state index contributed by atoms with van der Waals surface area (Å²) in [6.07, 6.45) is 3.00. The van der Waals surface area contributed by atoms with Crippen molar-refractivity contribution in [2.24, 2.45) is 5.73 Å². The molecular weight excluding hydrogens is 254 g/mol. The molecule has 0 radical (unpaired) electrons. The van der Waals surface area contributed by atoms with Crippen LogP contribution in [-0.2, 0) is 0 Å². The molecule has 19 heavy (non-hydrogen) atoms.